The predicted octanol–water partition coefficient (Wildman–Crippen LogP) is 3.19. The maximum absolute atomic E-state index is 13.8. The van der Waals surface area contributed by atoms with Gasteiger partial charge in [0.2, 0.25) is 0 Å². The van der Waals surface area contributed by atoms with Crippen molar-refractivity contribution in [2.45, 2.75) is 32.2 Å². The Hall–Kier alpha value is -0.940. The van der Waals surface area contributed by atoms with Crippen molar-refractivity contribution in [2.24, 2.45) is 0 Å². The van der Waals surface area contributed by atoms with Gasteiger partial charge in [-0.2, -0.15) is 0 Å². The number of hydrogen-bond donors (Lipinski definition) is 1. The molecule has 2 rings (SSSR count). The van der Waals surface area contributed by atoms with E-state index in [1.165, 1.54) is 25.3 Å². The van der Waals surface area contributed by atoms with Crippen molar-refractivity contribution in [1.29, 1.82) is 0 Å². The van der Waals surface area contributed by atoms with Gasteiger partial charge in [-0.15, -0.1) is 0 Å². The zero-order valence-corrected chi connectivity index (χ0v) is 13.2. The Bertz CT molecular complexity index is 475. The first-order valence-corrected chi connectivity index (χ1v) is 7.85. The van der Waals surface area contributed by atoms with Crippen molar-refractivity contribution in [3.8, 4) is 0 Å². The smallest absolute Gasteiger partial charge is 0.254 e. The van der Waals surface area contributed by atoms with E-state index in [1.54, 1.807) is 12.1 Å². The average Bonchev–Trinajstić information content (AvgIpc) is 2.48. The number of hydrogen-bond acceptors (Lipinski definition) is 2. The summed E-state index contributed by atoms with van der Waals surface area (Å²) < 4.78 is 14.1. The van der Waals surface area contributed by atoms with Gasteiger partial charge in [-0.05, 0) is 60.9 Å². The molecule has 0 spiro atoms. The van der Waals surface area contributed by atoms with Crippen molar-refractivity contribution in [2.75, 3.05) is 19.6 Å². The van der Waals surface area contributed by atoms with Crippen molar-refractivity contribution in [3.63, 3.8) is 0 Å². The Morgan fingerprint density at radius 2 is 2.10 bits per heavy atom. The summed E-state index contributed by atoms with van der Waals surface area (Å²) in [5.41, 5.74) is 0.0882. The van der Waals surface area contributed by atoms with Crippen molar-refractivity contribution in [1.82, 2.24) is 10.2 Å². The molecular formula is C15H20BrFN2O. The number of halogens is 2. The maximum atomic E-state index is 13.8. The van der Waals surface area contributed by atoms with E-state index in [2.05, 4.69) is 33.1 Å². The third kappa shape index (κ3) is 3.79. The van der Waals surface area contributed by atoms with Gasteiger partial charge >= 0.3 is 0 Å². The Morgan fingerprint density at radius 3 is 2.80 bits per heavy atom. The standard InChI is InChI=1S/C15H20BrFN2O/c1-11(19-8-3-2-4-9-19)10-18-15(20)12-6-5-7-13(16)14(12)17/h5-7,11H,2-4,8-10H2,1H3,(H,18,20). The summed E-state index contributed by atoms with van der Waals surface area (Å²) in [7, 11) is 0. The number of piperidine rings is 1. The lowest BCUT2D eigenvalue weighted by molar-refractivity contribution is 0.0926. The van der Waals surface area contributed by atoms with Crippen LogP contribution in [0.4, 0.5) is 4.39 Å². The van der Waals surface area contributed by atoms with Gasteiger partial charge in [0, 0.05) is 12.6 Å². The van der Waals surface area contributed by atoms with Crippen LogP contribution < -0.4 is 5.32 Å². The summed E-state index contributed by atoms with van der Waals surface area (Å²) >= 11 is 3.09. The molecule has 110 valence electrons. The first kappa shape index (κ1) is 15.4. The second-order valence-electron chi connectivity index (χ2n) is 5.26. The molecule has 1 aromatic rings. The molecule has 1 fully saturated rings. The topological polar surface area (TPSA) is 32.3 Å². The number of likely N-dealkylation sites (tertiary alicyclic amines) is 1. The minimum atomic E-state index is -0.504. The van der Waals surface area contributed by atoms with Gasteiger partial charge < -0.3 is 5.32 Å². The van der Waals surface area contributed by atoms with Crippen molar-refractivity contribution >= 4 is 21.8 Å². The van der Waals surface area contributed by atoms with Crippen LogP contribution >= 0.6 is 15.9 Å². The number of nitrogens with one attached hydrogen (secondary N) is 1. The molecule has 1 saturated heterocycles. The second kappa shape index (κ2) is 7.18. The van der Waals surface area contributed by atoms with Crippen LogP contribution in [0.2, 0.25) is 0 Å². The second-order valence-corrected chi connectivity index (χ2v) is 6.11. The fourth-order valence-corrected chi connectivity index (χ4v) is 2.87. The van der Waals surface area contributed by atoms with E-state index in [9.17, 15) is 9.18 Å². The summed E-state index contributed by atoms with van der Waals surface area (Å²) in [6, 6.07) is 5.04. The van der Waals surface area contributed by atoms with Gasteiger partial charge in [-0.1, -0.05) is 12.5 Å². The van der Waals surface area contributed by atoms with Crippen molar-refractivity contribution < 1.29 is 9.18 Å². The molecule has 1 unspecified atom stereocenters. The Labute approximate surface area is 127 Å². The largest absolute Gasteiger partial charge is 0.350 e. The molecule has 0 radical (unpaired) electrons. The van der Waals surface area contributed by atoms with Gasteiger partial charge in [0.15, 0.2) is 0 Å². The van der Waals surface area contributed by atoms with E-state index in [0.717, 1.165) is 13.1 Å². The maximum Gasteiger partial charge on any atom is 0.254 e. The monoisotopic (exact) mass is 342 g/mol. The number of carbonyl (C=O) groups is 1. The molecule has 0 bridgehead atoms. The molecule has 3 nitrogen and oxygen atoms in total. The Kier molecular flexibility index (Phi) is 5.54. The molecule has 0 aliphatic carbocycles. The van der Waals surface area contributed by atoms with E-state index in [1.807, 2.05) is 0 Å². The summed E-state index contributed by atoms with van der Waals surface area (Å²) in [5, 5.41) is 2.82. The average molecular weight is 343 g/mol. The molecular weight excluding hydrogens is 323 g/mol. The van der Waals surface area contributed by atoms with Gasteiger partial charge in [-0.3, -0.25) is 9.69 Å². The van der Waals surface area contributed by atoms with Crippen LogP contribution in [0.15, 0.2) is 22.7 Å². The molecule has 1 aliphatic rings. The SMILES string of the molecule is CC(CNC(=O)c1cccc(Br)c1F)N1CCCCC1. The van der Waals surface area contributed by atoms with Crippen LogP contribution in [0.1, 0.15) is 36.5 Å². The highest BCUT2D eigenvalue weighted by Gasteiger charge is 2.19. The molecule has 1 amide bonds. The van der Waals surface area contributed by atoms with E-state index in [4.69, 9.17) is 0 Å². The van der Waals surface area contributed by atoms with Crippen LogP contribution in [0.25, 0.3) is 0 Å². The number of benzene rings is 1. The highest BCUT2D eigenvalue weighted by atomic mass is 79.9. The van der Waals surface area contributed by atoms with E-state index in [0.29, 0.717) is 11.0 Å². The normalized spacial score (nSPS) is 17.8. The highest BCUT2D eigenvalue weighted by Crippen LogP contribution is 2.18. The zero-order valence-electron chi connectivity index (χ0n) is 11.7. The van der Waals surface area contributed by atoms with E-state index >= 15 is 0 Å². The van der Waals surface area contributed by atoms with Crippen LogP contribution in [-0.2, 0) is 0 Å². The summed E-state index contributed by atoms with van der Waals surface area (Å²) in [4.78, 5) is 14.4. The molecule has 1 atom stereocenters. The number of amides is 1. The molecule has 1 aromatic carbocycles. The Morgan fingerprint density at radius 1 is 1.40 bits per heavy atom. The van der Waals surface area contributed by atoms with Crippen LogP contribution in [0.5, 0.6) is 0 Å². The third-order valence-electron chi connectivity index (χ3n) is 3.77. The van der Waals surface area contributed by atoms with Gasteiger partial charge in [0.1, 0.15) is 5.82 Å². The first-order chi connectivity index (χ1) is 9.59. The van der Waals surface area contributed by atoms with Crippen LogP contribution in [0.3, 0.4) is 0 Å². The quantitative estimate of drug-likeness (QED) is 0.911. The van der Waals surface area contributed by atoms with Gasteiger partial charge in [-0.25, -0.2) is 4.39 Å². The van der Waals surface area contributed by atoms with Crippen molar-refractivity contribution in [3.05, 3.63) is 34.1 Å². The summed E-state index contributed by atoms with van der Waals surface area (Å²) in [5.74, 6) is -0.858. The van der Waals surface area contributed by atoms with E-state index in [-0.39, 0.29) is 17.5 Å². The van der Waals surface area contributed by atoms with Gasteiger partial charge in [0.25, 0.3) is 5.91 Å². The van der Waals surface area contributed by atoms with E-state index < -0.39 is 5.82 Å². The fraction of sp³-hybridized carbons (Fsp3) is 0.533. The van der Waals surface area contributed by atoms with Crippen LogP contribution in [0, 0.1) is 5.82 Å². The highest BCUT2D eigenvalue weighted by molar-refractivity contribution is 9.10. The lowest BCUT2D eigenvalue weighted by Crippen LogP contribution is -2.44. The number of carbonyl (C=O) groups excluding carboxylic acids is 1. The Balaban J connectivity index is 1.89. The lowest BCUT2D eigenvalue weighted by Gasteiger charge is -2.32. The molecule has 1 aliphatic heterocycles. The van der Waals surface area contributed by atoms with Crippen LogP contribution in [-0.4, -0.2) is 36.5 Å². The third-order valence-corrected chi connectivity index (χ3v) is 4.38. The molecule has 1 heterocycles. The zero-order chi connectivity index (χ0) is 14.5. The molecule has 0 saturated carbocycles. The first-order valence-electron chi connectivity index (χ1n) is 7.06. The predicted molar refractivity (Wildman–Crippen MR) is 81.3 cm³/mol. The fourth-order valence-electron chi connectivity index (χ4n) is 2.50. The molecule has 0 aromatic heterocycles. The van der Waals surface area contributed by atoms with Gasteiger partial charge in [0.05, 0.1) is 10.0 Å². The minimum Gasteiger partial charge on any atom is -0.350 e. The molecule has 1 N–H and O–H groups in total. The number of rotatable bonds is 4. The number of nitrogens with zero attached hydrogens (tertiary/aromatic N) is 1. The summed E-state index contributed by atoms with van der Waals surface area (Å²) in [6.07, 6.45) is 3.73. The molecule has 20 heavy (non-hydrogen) atoms. The minimum absolute atomic E-state index is 0.0882. The lowest BCUT2D eigenvalue weighted by atomic mass is 10.1. The molecule has 5 heteroatoms. The summed E-state index contributed by atoms with van der Waals surface area (Å²) in [6.45, 7) is 4.82.